The smallest absolute Gasteiger partial charge is 0.239 e. The largest absolute Gasteiger partial charge is 0.356 e. The summed E-state index contributed by atoms with van der Waals surface area (Å²) in [5, 5.41) is 9.01. The highest BCUT2D eigenvalue weighted by Crippen LogP contribution is 1.97. The molecule has 0 bridgehead atoms. The van der Waals surface area contributed by atoms with Crippen molar-refractivity contribution in [2.24, 2.45) is 4.99 Å². The molecule has 20 heavy (non-hydrogen) atoms. The van der Waals surface area contributed by atoms with Crippen molar-refractivity contribution in [1.29, 1.82) is 0 Å². The minimum Gasteiger partial charge on any atom is -0.356 e. The second-order valence-corrected chi connectivity index (χ2v) is 6.16. The topological polar surface area (TPSA) is 65.5 Å². The zero-order valence-corrected chi connectivity index (χ0v) is 15.9. The van der Waals surface area contributed by atoms with Gasteiger partial charge in [0, 0.05) is 30.6 Å². The number of amides is 1. The summed E-state index contributed by atoms with van der Waals surface area (Å²) >= 11 is 1.80. The number of guanidine groups is 1. The fourth-order valence-corrected chi connectivity index (χ4v) is 1.84. The van der Waals surface area contributed by atoms with Crippen molar-refractivity contribution >= 4 is 47.6 Å². The van der Waals surface area contributed by atoms with E-state index >= 15 is 0 Å². The predicted octanol–water partition coefficient (Wildman–Crippen LogP) is 1.60. The molecule has 0 saturated carbocycles. The number of hydrogen-bond acceptors (Lipinski definition) is 3. The lowest BCUT2D eigenvalue weighted by Gasteiger charge is -2.21. The Balaban J connectivity index is 0. The molecule has 0 rings (SSSR count). The molecule has 0 heterocycles. The van der Waals surface area contributed by atoms with E-state index < -0.39 is 0 Å². The number of thioether (sulfide) groups is 1. The molecule has 0 aromatic carbocycles. The molecule has 0 saturated heterocycles. The summed E-state index contributed by atoms with van der Waals surface area (Å²) in [7, 11) is 1.69. The SMILES string of the molecule is C=CCSCCNC(=NC)NCC(=O)NC(C)(C)C.I. The highest BCUT2D eigenvalue weighted by Gasteiger charge is 2.13. The normalized spacial score (nSPS) is 11.3. The average Bonchev–Trinajstić information content (AvgIpc) is 2.30. The average molecular weight is 414 g/mol. The molecule has 0 fully saturated rings. The van der Waals surface area contributed by atoms with E-state index in [1.54, 1.807) is 18.8 Å². The number of rotatable bonds is 7. The lowest BCUT2D eigenvalue weighted by molar-refractivity contribution is -0.121. The van der Waals surface area contributed by atoms with Crippen LogP contribution >= 0.6 is 35.7 Å². The minimum absolute atomic E-state index is 0. The van der Waals surface area contributed by atoms with Crippen molar-refractivity contribution in [3.05, 3.63) is 12.7 Å². The number of aliphatic imine (C=N–C) groups is 1. The molecular formula is C13H27IN4OS. The predicted molar refractivity (Wildman–Crippen MR) is 100 cm³/mol. The van der Waals surface area contributed by atoms with Gasteiger partial charge in [0.25, 0.3) is 0 Å². The molecule has 1 amide bonds. The zero-order valence-electron chi connectivity index (χ0n) is 12.8. The van der Waals surface area contributed by atoms with Crippen LogP contribution in [0.2, 0.25) is 0 Å². The van der Waals surface area contributed by atoms with E-state index in [1.807, 2.05) is 26.8 Å². The minimum atomic E-state index is -0.211. The molecular weight excluding hydrogens is 387 g/mol. The van der Waals surface area contributed by atoms with Crippen molar-refractivity contribution in [3.63, 3.8) is 0 Å². The van der Waals surface area contributed by atoms with E-state index in [2.05, 4.69) is 27.5 Å². The highest BCUT2D eigenvalue weighted by molar-refractivity contribution is 14.0. The van der Waals surface area contributed by atoms with Crippen molar-refractivity contribution in [3.8, 4) is 0 Å². The third-order valence-electron chi connectivity index (χ3n) is 1.93. The van der Waals surface area contributed by atoms with Gasteiger partial charge in [0.15, 0.2) is 5.96 Å². The van der Waals surface area contributed by atoms with E-state index in [4.69, 9.17) is 0 Å². The van der Waals surface area contributed by atoms with E-state index in [-0.39, 0.29) is 42.0 Å². The standard InChI is InChI=1S/C13H26N4OS.HI/c1-6-8-19-9-7-15-12(14-5)16-10-11(18)17-13(2,3)4;/h6H,1,7-10H2,2-5H3,(H,17,18)(H2,14,15,16);1H. The molecule has 0 radical (unpaired) electrons. The second-order valence-electron chi connectivity index (χ2n) is 5.01. The number of nitrogens with zero attached hydrogens (tertiary/aromatic N) is 1. The Morgan fingerprint density at radius 3 is 2.50 bits per heavy atom. The third kappa shape index (κ3) is 14.0. The maximum absolute atomic E-state index is 11.6. The Morgan fingerprint density at radius 1 is 1.35 bits per heavy atom. The monoisotopic (exact) mass is 414 g/mol. The van der Waals surface area contributed by atoms with Crippen LogP contribution in [0.1, 0.15) is 20.8 Å². The molecule has 0 aromatic heterocycles. The lowest BCUT2D eigenvalue weighted by atomic mass is 10.1. The quantitative estimate of drug-likeness (QED) is 0.195. The molecule has 0 atom stereocenters. The van der Waals surface area contributed by atoms with Crippen molar-refractivity contribution < 1.29 is 4.79 Å². The summed E-state index contributed by atoms with van der Waals surface area (Å²) in [4.78, 5) is 15.7. The lowest BCUT2D eigenvalue weighted by Crippen LogP contribution is -2.48. The molecule has 5 nitrogen and oxygen atoms in total. The Bertz CT molecular complexity index is 316. The van der Waals surface area contributed by atoms with Gasteiger partial charge in [-0.15, -0.1) is 30.6 Å². The zero-order chi connectivity index (χ0) is 14.7. The summed E-state index contributed by atoms with van der Waals surface area (Å²) in [5.41, 5.74) is -0.211. The van der Waals surface area contributed by atoms with Gasteiger partial charge in [-0.1, -0.05) is 6.08 Å². The number of halogens is 1. The number of hydrogen-bond donors (Lipinski definition) is 3. The first-order valence-corrected chi connectivity index (χ1v) is 7.48. The highest BCUT2D eigenvalue weighted by atomic mass is 127. The first-order chi connectivity index (χ1) is 8.89. The van der Waals surface area contributed by atoms with Crippen LogP contribution in [-0.4, -0.2) is 49.0 Å². The van der Waals surface area contributed by atoms with Gasteiger partial charge < -0.3 is 16.0 Å². The molecule has 0 spiro atoms. The van der Waals surface area contributed by atoms with Crippen LogP contribution in [0, 0.1) is 0 Å². The maximum atomic E-state index is 11.6. The molecule has 0 aliphatic rings. The van der Waals surface area contributed by atoms with Gasteiger partial charge in [-0.25, -0.2) is 0 Å². The number of carbonyl (C=O) groups is 1. The number of nitrogens with one attached hydrogen (secondary N) is 3. The summed E-state index contributed by atoms with van der Waals surface area (Å²) in [6.45, 7) is 10.5. The second kappa shape index (κ2) is 12.3. The van der Waals surface area contributed by atoms with Gasteiger partial charge in [0.2, 0.25) is 5.91 Å². The Labute approximate surface area is 143 Å². The van der Waals surface area contributed by atoms with E-state index in [9.17, 15) is 4.79 Å². The van der Waals surface area contributed by atoms with Gasteiger partial charge in [0.05, 0.1) is 6.54 Å². The van der Waals surface area contributed by atoms with Crippen molar-refractivity contribution in [2.75, 3.05) is 31.6 Å². The molecule has 0 unspecified atom stereocenters. The first-order valence-electron chi connectivity index (χ1n) is 6.33. The summed E-state index contributed by atoms with van der Waals surface area (Å²) in [5.74, 6) is 2.52. The third-order valence-corrected chi connectivity index (χ3v) is 2.89. The fraction of sp³-hybridized carbons (Fsp3) is 0.692. The first kappa shape index (κ1) is 21.9. The van der Waals surface area contributed by atoms with E-state index in [1.165, 1.54) is 0 Å². The summed E-state index contributed by atoms with van der Waals surface area (Å²) in [6.07, 6.45) is 1.88. The van der Waals surface area contributed by atoms with Gasteiger partial charge in [-0.05, 0) is 20.8 Å². The van der Waals surface area contributed by atoms with Crippen molar-refractivity contribution in [2.45, 2.75) is 26.3 Å². The van der Waals surface area contributed by atoms with Crippen molar-refractivity contribution in [1.82, 2.24) is 16.0 Å². The Kier molecular flexibility index (Phi) is 13.5. The van der Waals surface area contributed by atoms with Gasteiger partial charge in [0.1, 0.15) is 0 Å². The fourth-order valence-electron chi connectivity index (χ4n) is 1.26. The van der Waals surface area contributed by atoms with Crippen LogP contribution in [0.5, 0.6) is 0 Å². The van der Waals surface area contributed by atoms with Gasteiger partial charge in [-0.3, -0.25) is 9.79 Å². The molecule has 0 aliphatic carbocycles. The Hall–Kier alpha value is -0.440. The summed E-state index contributed by atoms with van der Waals surface area (Å²) in [6, 6.07) is 0. The van der Waals surface area contributed by atoms with E-state index in [0.717, 1.165) is 18.1 Å². The van der Waals surface area contributed by atoms with Crippen LogP contribution < -0.4 is 16.0 Å². The van der Waals surface area contributed by atoms with Crippen LogP contribution in [0.25, 0.3) is 0 Å². The van der Waals surface area contributed by atoms with Crippen LogP contribution in [0.4, 0.5) is 0 Å². The van der Waals surface area contributed by atoms with Crippen LogP contribution in [0.3, 0.4) is 0 Å². The van der Waals surface area contributed by atoms with Gasteiger partial charge >= 0.3 is 0 Å². The van der Waals surface area contributed by atoms with E-state index in [0.29, 0.717) is 5.96 Å². The summed E-state index contributed by atoms with van der Waals surface area (Å²) < 4.78 is 0. The molecule has 0 aliphatic heterocycles. The molecule has 118 valence electrons. The van der Waals surface area contributed by atoms with Crippen LogP contribution in [0.15, 0.2) is 17.6 Å². The Morgan fingerprint density at radius 2 is 2.00 bits per heavy atom. The molecule has 0 aromatic rings. The molecule has 7 heteroatoms. The maximum Gasteiger partial charge on any atom is 0.239 e. The number of carbonyl (C=O) groups excluding carboxylic acids is 1. The van der Waals surface area contributed by atoms with Gasteiger partial charge in [-0.2, -0.15) is 11.8 Å². The van der Waals surface area contributed by atoms with Crippen LogP contribution in [-0.2, 0) is 4.79 Å². The molecule has 3 N–H and O–H groups in total.